The Morgan fingerprint density at radius 3 is 2.88 bits per heavy atom. The molecular formula is C11H11Cl2NO2. The Labute approximate surface area is 104 Å². The number of phenolic OH excluding ortho intramolecular Hbond substituents is 1. The molecule has 1 atom stereocenters. The van der Waals surface area contributed by atoms with E-state index in [0.717, 1.165) is 6.42 Å². The Bertz CT molecular complexity index is 422. The number of carbonyl (C=O) groups excluding carboxylic acids is 1. The second kappa shape index (κ2) is 4.52. The van der Waals surface area contributed by atoms with Gasteiger partial charge in [-0.15, -0.1) is 11.6 Å². The number of alkyl halides is 1. The van der Waals surface area contributed by atoms with Crippen molar-refractivity contribution in [2.45, 2.75) is 11.8 Å². The molecule has 1 N–H and O–H groups in total. The van der Waals surface area contributed by atoms with Gasteiger partial charge >= 0.3 is 0 Å². The Kier molecular flexibility index (Phi) is 3.26. The van der Waals surface area contributed by atoms with Crippen LogP contribution in [0.1, 0.15) is 16.8 Å². The van der Waals surface area contributed by atoms with E-state index in [1.165, 1.54) is 12.1 Å². The monoisotopic (exact) mass is 259 g/mol. The number of phenols is 1. The van der Waals surface area contributed by atoms with Gasteiger partial charge in [0.05, 0.1) is 10.9 Å². The molecule has 5 heteroatoms. The van der Waals surface area contributed by atoms with Gasteiger partial charge in [0.1, 0.15) is 5.75 Å². The fourth-order valence-electron chi connectivity index (χ4n) is 1.75. The lowest BCUT2D eigenvalue weighted by Crippen LogP contribution is -2.28. The summed E-state index contributed by atoms with van der Waals surface area (Å²) in [5, 5.41) is 10.0. The van der Waals surface area contributed by atoms with Crippen LogP contribution in [-0.2, 0) is 0 Å². The zero-order valence-corrected chi connectivity index (χ0v) is 10.0. The molecule has 1 saturated heterocycles. The lowest BCUT2D eigenvalue weighted by atomic mass is 10.2. The summed E-state index contributed by atoms with van der Waals surface area (Å²) < 4.78 is 0. The highest BCUT2D eigenvalue weighted by Gasteiger charge is 2.26. The number of carbonyl (C=O) groups is 1. The number of benzene rings is 1. The average Bonchev–Trinajstić information content (AvgIpc) is 2.67. The summed E-state index contributed by atoms with van der Waals surface area (Å²) in [6.45, 7) is 1.14. The summed E-state index contributed by atoms with van der Waals surface area (Å²) in [4.78, 5) is 13.6. The lowest BCUT2D eigenvalue weighted by Gasteiger charge is -2.16. The maximum Gasteiger partial charge on any atom is 0.257 e. The quantitative estimate of drug-likeness (QED) is 0.788. The molecule has 1 amide bonds. The van der Waals surface area contributed by atoms with Crippen LogP contribution >= 0.6 is 23.2 Å². The first-order valence-electron chi connectivity index (χ1n) is 5.00. The molecule has 0 saturated carbocycles. The van der Waals surface area contributed by atoms with Crippen molar-refractivity contribution in [2.24, 2.45) is 0 Å². The van der Waals surface area contributed by atoms with Gasteiger partial charge in [-0.3, -0.25) is 4.79 Å². The van der Waals surface area contributed by atoms with Crippen molar-refractivity contribution >= 4 is 29.1 Å². The number of likely N-dealkylation sites (tertiary alicyclic amines) is 1. The Morgan fingerprint density at radius 1 is 1.50 bits per heavy atom. The first-order chi connectivity index (χ1) is 7.58. The van der Waals surface area contributed by atoms with Gasteiger partial charge in [0.25, 0.3) is 5.91 Å². The SMILES string of the molecule is O=C(c1cc(Cl)ccc1O)N1CCC(Cl)C1. The van der Waals surface area contributed by atoms with Crippen molar-refractivity contribution in [1.82, 2.24) is 4.90 Å². The lowest BCUT2D eigenvalue weighted by molar-refractivity contribution is 0.0790. The molecule has 86 valence electrons. The fourth-order valence-corrected chi connectivity index (χ4v) is 2.19. The van der Waals surface area contributed by atoms with Crippen LogP contribution < -0.4 is 0 Å². The number of halogens is 2. The van der Waals surface area contributed by atoms with E-state index in [2.05, 4.69) is 0 Å². The van der Waals surface area contributed by atoms with Crippen molar-refractivity contribution in [3.05, 3.63) is 28.8 Å². The minimum absolute atomic E-state index is 0.00489. The minimum Gasteiger partial charge on any atom is -0.507 e. The van der Waals surface area contributed by atoms with E-state index in [1.807, 2.05) is 0 Å². The van der Waals surface area contributed by atoms with Crippen molar-refractivity contribution in [2.75, 3.05) is 13.1 Å². The van der Waals surface area contributed by atoms with Crippen molar-refractivity contribution in [3.63, 3.8) is 0 Å². The molecule has 2 rings (SSSR count). The molecule has 0 aromatic heterocycles. The molecule has 0 spiro atoms. The van der Waals surface area contributed by atoms with Crippen molar-refractivity contribution < 1.29 is 9.90 Å². The number of hydrogen-bond acceptors (Lipinski definition) is 2. The Balaban J connectivity index is 2.23. The van der Waals surface area contributed by atoms with Crippen molar-refractivity contribution in [1.29, 1.82) is 0 Å². The third kappa shape index (κ3) is 2.25. The number of amides is 1. The van der Waals surface area contributed by atoms with Gasteiger partial charge in [0, 0.05) is 18.1 Å². The van der Waals surface area contributed by atoms with E-state index >= 15 is 0 Å². The summed E-state index contributed by atoms with van der Waals surface area (Å²) >= 11 is 11.7. The summed E-state index contributed by atoms with van der Waals surface area (Å²) in [5.74, 6) is -0.268. The number of hydrogen-bond donors (Lipinski definition) is 1. The second-order valence-corrected chi connectivity index (χ2v) is 4.85. The van der Waals surface area contributed by atoms with E-state index in [4.69, 9.17) is 23.2 Å². The largest absolute Gasteiger partial charge is 0.507 e. The second-order valence-electron chi connectivity index (χ2n) is 3.80. The molecule has 0 radical (unpaired) electrons. The molecule has 1 aliphatic heterocycles. The molecule has 1 aromatic rings. The molecule has 3 nitrogen and oxygen atoms in total. The van der Waals surface area contributed by atoms with Crippen LogP contribution in [-0.4, -0.2) is 34.4 Å². The van der Waals surface area contributed by atoms with E-state index in [0.29, 0.717) is 18.1 Å². The fraction of sp³-hybridized carbons (Fsp3) is 0.364. The minimum atomic E-state index is -0.219. The van der Waals surface area contributed by atoms with Crippen LogP contribution in [0.2, 0.25) is 5.02 Å². The van der Waals surface area contributed by atoms with Gasteiger partial charge in [-0.1, -0.05) is 11.6 Å². The van der Waals surface area contributed by atoms with Crippen LogP contribution in [0.5, 0.6) is 5.75 Å². The van der Waals surface area contributed by atoms with Gasteiger partial charge < -0.3 is 10.0 Å². The highest BCUT2D eigenvalue weighted by atomic mass is 35.5. The predicted molar refractivity (Wildman–Crippen MR) is 63.3 cm³/mol. The number of rotatable bonds is 1. The normalized spacial score (nSPS) is 20.1. The molecule has 0 aliphatic carbocycles. The smallest absolute Gasteiger partial charge is 0.257 e. The van der Waals surface area contributed by atoms with E-state index in [-0.39, 0.29) is 22.6 Å². The average molecular weight is 260 g/mol. The van der Waals surface area contributed by atoms with Crippen LogP contribution in [0.4, 0.5) is 0 Å². The van der Waals surface area contributed by atoms with E-state index in [1.54, 1.807) is 11.0 Å². The van der Waals surface area contributed by atoms with Crippen LogP contribution in [0.3, 0.4) is 0 Å². The third-order valence-electron chi connectivity index (χ3n) is 2.61. The third-order valence-corrected chi connectivity index (χ3v) is 3.20. The van der Waals surface area contributed by atoms with Gasteiger partial charge in [0.2, 0.25) is 0 Å². The standard InChI is InChI=1S/C11H11Cl2NO2/c12-7-1-2-10(15)9(5-7)11(16)14-4-3-8(13)6-14/h1-2,5,8,15H,3-4,6H2. The molecule has 16 heavy (non-hydrogen) atoms. The number of nitrogens with zero attached hydrogens (tertiary/aromatic N) is 1. The molecule has 1 fully saturated rings. The maximum atomic E-state index is 12.0. The summed E-state index contributed by atoms with van der Waals surface area (Å²) in [7, 11) is 0. The summed E-state index contributed by atoms with van der Waals surface area (Å²) in [6, 6.07) is 4.44. The maximum absolute atomic E-state index is 12.0. The van der Waals surface area contributed by atoms with Gasteiger partial charge in [-0.05, 0) is 24.6 Å². The first-order valence-corrected chi connectivity index (χ1v) is 5.81. The molecule has 0 bridgehead atoms. The highest BCUT2D eigenvalue weighted by Crippen LogP contribution is 2.25. The van der Waals surface area contributed by atoms with E-state index < -0.39 is 0 Å². The van der Waals surface area contributed by atoms with Gasteiger partial charge in [-0.25, -0.2) is 0 Å². The molecule has 1 aliphatic rings. The van der Waals surface area contributed by atoms with Crippen LogP contribution in [0.15, 0.2) is 18.2 Å². The molecular weight excluding hydrogens is 249 g/mol. The summed E-state index contributed by atoms with van der Waals surface area (Å²) in [5.41, 5.74) is 0.235. The van der Waals surface area contributed by atoms with Gasteiger partial charge in [0.15, 0.2) is 0 Å². The number of aromatic hydroxyl groups is 1. The molecule has 1 aromatic carbocycles. The molecule has 1 heterocycles. The summed E-state index contributed by atoms with van der Waals surface area (Å²) in [6.07, 6.45) is 0.786. The molecule has 1 unspecified atom stereocenters. The zero-order chi connectivity index (χ0) is 11.7. The van der Waals surface area contributed by atoms with Gasteiger partial charge in [-0.2, -0.15) is 0 Å². The Hall–Kier alpha value is -0.930. The van der Waals surface area contributed by atoms with Crippen LogP contribution in [0, 0.1) is 0 Å². The zero-order valence-electron chi connectivity index (χ0n) is 8.49. The van der Waals surface area contributed by atoms with E-state index in [9.17, 15) is 9.90 Å². The topological polar surface area (TPSA) is 40.5 Å². The predicted octanol–water partition coefficient (Wildman–Crippen LogP) is 2.50. The first kappa shape index (κ1) is 11.6. The van der Waals surface area contributed by atoms with Crippen LogP contribution in [0.25, 0.3) is 0 Å². The Morgan fingerprint density at radius 2 is 2.25 bits per heavy atom. The van der Waals surface area contributed by atoms with Crippen molar-refractivity contribution in [3.8, 4) is 5.75 Å². The highest BCUT2D eigenvalue weighted by molar-refractivity contribution is 6.31.